The Morgan fingerprint density at radius 2 is 1.93 bits per heavy atom. The fourth-order valence-corrected chi connectivity index (χ4v) is 3.18. The first kappa shape index (κ1) is 12.8. The Morgan fingerprint density at radius 1 is 1.33 bits per heavy atom. The lowest BCUT2D eigenvalue weighted by atomic mass is 9.60. The molecule has 0 aromatic rings. The van der Waals surface area contributed by atoms with E-state index in [2.05, 4.69) is 27.4 Å². The van der Waals surface area contributed by atoms with Gasteiger partial charge in [0.1, 0.15) is 0 Å². The van der Waals surface area contributed by atoms with Crippen molar-refractivity contribution in [1.29, 1.82) is 0 Å². The van der Waals surface area contributed by atoms with Gasteiger partial charge in [0.2, 0.25) is 0 Å². The zero-order valence-corrected chi connectivity index (χ0v) is 10.8. The Bertz CT molecular complexity index is 222. The lowest BCUT2D eigenvalue weighted by Crippen LogP contribution is -2.46. The van der Waals surface area contributed by atoms with Gasteiger partial charge in [-0.1, -0.05) is 25.8 Å². The van der Waals surface area contributed by atoms with Crippen LogP contribution in [0, 0.1) is 11.3 Å². The highest BCUT2D eigenvalue weighted by molar-refractivity contribution is 4.98. The largest absolute Gasteiger partial charge is 0.390 e. The molecule has 0 aliphatic heterocycles. The molecule has 1 saturated carbocycles. The molecule has 0 heterocycles. The minimum atomic E-state index is -0.475. The molecule has 1 rings (SSSR count). The average molecular weight is 210 g/mol. The molecule has 0 bridgehead atoms. The Labute approximate surface area is 94.6 Å². The second-order valence-electron chi connectivity index (χ2n) is 6.25. The van der Waals surface area contributed by atoms with E-state index in [4.69, 9.17) is 0 Å². The van der Waals surface area contributed by atoms with Crippen LogP contribution < -0.4 is 0 Å². The van der Waals surface area contributed by atoms with Gasteiger partial charge in [0.15, 0.2) is 0 Å². The lowest BCUT2D eigenvalue weighted by Gasteiger charge is -2.48. The minimum Gasteiger partial charge on any atom is -0.390 e. The Morgan fingerprint density at radius 3 is 2.40 bits per heavy atom. The van der Waals surface area contributed by atoms with Crippen LogP contribution in [0.15, 0.2) is 12.2 Å². The van der Waals surface area contributed by atoms with Crippen molar-refractivity contribution in [3.63, 3.8) is 0 Å². The highest BCUT2D eigenvalue weighted by atomic mass is 16.3. The topological polar surface area (TPSA) is 20.2 Å². The highest BCUT2D eigenvalue weighted by Crippen LogP contribution is 2.48. The third-order valence-corrected chi connectivity index (χ3v) is 4.06. The third-order valence-electron chi connectivity index (χ3n) is 4.06. The molecular formula is C14H26O. The maximum atomic E-state index is 10.5. The predicted molar refractivity (Wildman–Crippen MR) is 65.8 cm³/mol. The van der Waals surface area contributed by atoms with E-state index in [9.17, 15) is 5.11 Å². The van der Waals surface area contributed by atoms with Crippen molar-refractivity contribution in [2.24, 2.45) is 11.3 Å². The molecule has 1 N–H and O–H groups in total. The van der Waals surface area contributed by atoms with E-state index in [1.165, 1.54) is 12.0 Å². The van der Waals surface area contributed by atoms with E-state index in [0.717, 1.165) is 25.7 Å². The molecular weight excluding hydrogens is 184 g/mol. The molecule has 1 aliphatic rings. The molecule has 1 heteroatoms. The molecule has 0 aromatic carbocycles. The Hall–Kier alpha value is -0.300. The summed E-state index contributed by atoms with van der Waals surface area (Å²) in [5.41, 5.74) is 1.03. The summed E-state index contributed by atoms with van der Waals surface area (Å²) < 4.78 is 0. The summed E-state index contributed by atoms with van der Waals surface area (Å²) in [6.07, 6.45) is 5.48. The number of rotatable bonds is 3. The smallest absolute Gasteiger partial charge is 0.0653 e. The molecule has 88 valence electrons. The van der Waals surface area contributed by atoms with Gasteiger partial charge in [-0.15, -0.1) is 6.58 Å². The van der Waals surface area contributed by atoms with E-state index in [-0.39, 0.29) is 5.41 Å². The summed E-state index contributed by atoms with van der Waals surface area (Å²) >= 11 is 0. The first-order valence-electron chi connectivity index (χ1n) is 6.12. The van der Waals surface area contributed by atoms with E-state index in [1.54, 1.807) is 0 Å². The van der Waals surface area contributed by atoms with Crippen LogP contribution in [0.3, 0.4) is 0 Å². The molecule has 15 heavy (non-hydrogen) atoms. The summed E-state index contributed by atoms with van der Waals surface area (Å²) in [4.78, 5) is 0. The van der Waals surface area contributed by atoms with Crippen LogP contribution in [0.4, 0.5) is 0 Å². The van der Waals surface area contributed by atoms with Gasteiger partial charge in [-0.05, 0) is 50.9 Å². The Kier molecular flexibility index (Phi) is 3.65. The van der Waals surface area contributed by atoms with Crippen LogP contribution in [0.1, 0.15) is 59.8 Å². The van der Waals surface area contributed by atoms with Gasteiger partial charge < -0.3 is 5.11 Å². The van der Waals surface area contributed by atoms with Gasteiger partial charge in [0.25, 0.3) is 0 Å². The summed E-state index contributed by atoms with van der Waals surface area (Å²) in [6, 6.07) is 0. The molecule has 1 aliphatic carbocycles. The van der Waals surface area contributed by atoms with Gasteiger partial charge in [-0.3, -0.25) is 0 Å². The fraction of sp³-hybridized carbons (Fsp3) is 0.857. The van der Waals surface area contributed by atoms with Gasteiger partial charge >= 0.3 is 0 Å². The maximum absolute atomic E-state index is 10.5. The normalized spacial score (nSPS) is 35.1. The van der Waals surface area contributed by atoms with Crippen LogP contribution in [-0.2, 0) is 0 Å². The van der Waals surface area contributed by atoms with E-state index >= 15 is 0 Å². The standard InChI is InChI=1S/C14H26O/c1-11(2)7-8-12-13(3,4)9-6-10-14(12,5)15/h12,15H,1,6-10H2,2-5H3/t12-,14+/m0/s1. The molecule has 0 spiro atoms. The maximum Gasteiger partial charge on any atom is 0.0653 e. The van der Waals surface area contributed by atoms with Crippen LogP contribution in [0.2, 0.25) is 0 Å². The van der Waals surface area contributed by atoms with Crippen molar-refractivity contribution in [2.45, 2.75) is 65.4 Å². The molecule has 0 saturated heterocycles. The van der Waals surface area contributed by atoms with Crippen LogP contribution >= 0.6 is 0 Å². The molecule has 1 nitrogen and oxygen atoms in total. The molecule has 0 unspecified atom stereocenters. The van der Waals surface area contributed by atoms with Gasteiger partial charge in [0, 0.05) is 0 Å². The van der Waals surface area contributed by atoms with Crippen LogP contribution in [-0.4, -0.2) is 10.7 Å². The molecule has 0 amide bonds. The molecule has 0 radical (unpaired) electrons. The fourth-order valence-electron chi connectivity index (χ4n) is 3.18. The van der Waals surface area contributed by atoms with E-state index < -0.39 is 5.60 Å². The Balaban J connectivity index is 2.72. The number of hydrogen-bond acceptors (Lipinski definition) is 1. The second-order valence-corrected chi connectivity index (χ2v) is 6.25. The molecule has 1 fully saturated rings. The summed E-state index contributed by atoms with van der Waals surface area (Å²) in [6.45, 7) is 12.6. The van der Waals surface area contributed by atoms with Crippen molar-refractivity contribution in [3.8, 4) is 0 Å². The summed E-state index contributed by atoms with van der Waals surface area (Å²) in [5, 5.41) is 10.5. The highest BCUT2D eigenvalue weighted by Gasteiger charge is 2.44. The summed E-state index contributed by atoms with van der Waals surface area (Å²) in [7, 11) is 0. The van der Waals surface area contributed by atoms with E-state index in [0.29, 0.717) is 5.92 Å². The van der Waals surface area contributed by atoms with E-state index in [1.807, 2.05) is 6.92 Å². The van der Waals surface area contributed by atoms with Crippen molar-refractivity contribution < 1.29 is 5.11 Å². The van der Waals surface area contributed by atoms with Crippen molar-refractivity contribution in [1.82, 2.24) is 0 Å². The number of hydrogen-bond donors (Lipinski definition) is 1. The van der Waals surface area contributed by atoms with Gasteiger partial charge in [0.05, 0.1) is 5.60 Å². The first-order valence-corrected chi connectivity index (χ1v) is 6.12. The van der Waals surface area contributed by atoms with Gasteiger partial charge in [-0.25, -0.2) is 0 Å². The number of aliphatic hydroxyl groups is 1. The van der Waals surface area contributed by atoms with Crippen molar-refractivity contribution in [2.75, 3.05) is 0 Å². The number of allylic oxidation sites excluding steroid dienone is 1. The van der Waals surface area contributed by atoms with Crippen molar-refractivity contribution in [3.05, 3.63) is 12.2 Å². The summed E-state index contributed by atoms with van der Waals surface area (Å²) in [5.74, 6) is 0.412. The van der Waals surface area contributed by atoms with Crippen LogP contribution in [0.5, 0.6) is 0 Å². The van der Waals surface area contributed by atoms with Crippen molar-refractivity contribution >= 4 is 0 Å². The third kappa shape index (κ3) is 3.07. The quantitative estimate of drug-likeness (QED) is 0.700. The monoisotopic (exact) mass is 210 g/mol. The second kappa shape index (κ2) is 4.29. The predicted octanol–water partition coefficient (Wildman–Crippen LogP) is 3.92. The zero-order chi connectivity index (χ0) is 11.7. The zero-order valence-electron chi connectivity index (χ0n) is 10.8. The molecule has 0 aromatic heterocycles. The lowest BCUT2D eigenvalue weighted by molar-refractivity contribution is -0.0918. The van der Waals surface area contributed by atoms with Crippen LogP contribution in [0.25, 0.3) is 0 Å². The average Bonchev–Trinajstić information content (AvgIpc) is 1.99. The SMILES string of the molecule is C=C(C)CC[C@H]1C(C)(C)CCC[C@@]1(C)O. The first-order chi connectivity index (χ1) is 6.76. The minimum absolute atomic E-state index is 0.275. The molecule has 2 atom stereocenters. The van der Waals surface area contributed by atoms with Gasteiger partial charge in [-0.2, -0.15) is 0 Å².